The van der Waals surface area contributed by atoms with E-state index in [1.54, 1.807) is 0 Å². The Bertz CT molecular complexity index is 653. The van der Waals surface area contributed by atoms with Crippen molar-refractivity contribution in [1.82, 2.24) is 4.90 Å². The first-order valence-electron chi connectivity index (χ1n) is 7.30. The monoisotopic (exact) mass is 285 g/mol. The summed E-state index contributed by atoms with van der Waals surface area (Å²) in [6.45, 7) is 4.96. The average Bonchev–Trinajstić information content (AvgIpc) is 2.88. The van der Waals surface area contributed by atoms with Crippen molar-refractivity contribution in [2.75, 3.05) is 6.61 Å². The van der Waals surface area contributed by atoms with Crippen LogP contribution in [0.2, 0.25) is 0 Å². The van der Waals surface area contributed by atoms with Gasteiger partial charge < -0.3 is 9.15 Å². The van der Waals surface area contributed by atoms with Gasteiger partial charge in [0, 0.05) is 19.2 Å². The Morgan fingerprint density at radius 1 is 1.24 bits per heavy atom. The number of hydrogen-bond donors (Lipinski definition) is 0. The number of fused-ring (bicyclic) bond motifs is 1. The van der Waals surface area contributed by atoms with E-state index in [0.717, 1.165) is 19.5 Å². The molecule has 4 heteroatoms. The molecule has 21 heavy (non-hydrogen) atoms. The van der Waals surface area contributed by atoms with E-state index >= 15 is 0 Å². The summed E-state index contributed by atoms with van der Waals surface area (Å²) in [5, 5.41) is 0. The van der Waals surface area contributed by atoms with Crippen molar-refractivity contribution in [3.8, 4) is 5.75 Å². The quantitative estimate of drug-likeness (QED) is 0.847. The van der Waals surface area contributed by atoms with E-state index in [1.807, 2.05) is 6.92 Å². The Hall–Kier alpha value is -2.07. The molecular weight excluding hydrogens is 266 g/mol. The Balaban J connectivity index is 1.67. The second kappa shape index (κ2) is 6.14. The van der Waals surface area contributed by atoms with Crippen LogP contribution in [0.15, 0.2) is 45.8 Å². The van der Waals surface area contributed by atoms with Crippen LogP contribution in [-0.2, 0) is 19.6 Å². The van der Waals surface area contributed by atoms with Gasteiger partial charge in [-0.25, -0.2) is 0 Å². The van der Waals surface area contributed by atoms with Gasteiger partial charge in [0.2, 0.25) is 11.2 Å². The van der Waals surface area contributed by atoms with Crippen LogP contribution in [0, 0.1) is 0 Å². The lowest BCUT2D eigenvalue weighted by Crippen LogP contribution is -2.17. The summed E-state index contributed by atoms with van der Waals surface area (Å²) in [4.78, 5) is 14.2. The fourth-order valence-electron chi connectivity index (χ4n) is 2.57. The molecule has 0 unspecified atom stereocenters. The molecule has 0 saturated carbocycles. The van der Waals surface area contributed by atoms with Crippen LogP contribution in [0.25, 0.3) is 0 Å². The molecule has 2 aromatic rings. The van der Waals surface area contributed by atoms with Gasteiger partial charge in [0.1, 0.15) is 12.0 Å². The zero-order chi connectivity index (χ0) is 14.7. The highest BCUT2D eigenvalue weighted by Gasteiger charge is 2.19. The van der Waals surface area contributed by atoms with Crippen LogP contribution in [0.5, 0.6) is 5.75 Å². The SMILES string of the molecule is CCCOc1coc(CN2Cc3ccccc3C2)cc1=O. The average molecular weight is 285 g/mol. The smallest absolute Gasteiger partial charge is 0.227 e. The van der Waals surface area contributed by atoms with Gasteiger partial charge in [0.15, 0.2) is 0 Å². The molecule has 0 atom stereocenters. The van der Waals surface area contributed by atoms with Gasteiger partial charge in [0.05, 0.1) is 13.2 Å². The second-order valence-electron chi connectivity index (χ2n) is 5.34. The third kappa shape index (κ3) is 3.16. The topological polar surface area (TPSA) is 42.7 Å². The minimum atomic E-state index is -0.110. The van der Waals surface area contributed by atoms with E-state index in [9.17, 15) is 4.79 Å². The first kappa shape index (κ1) is 13.9. The lowest BCUT2D eigenvalue weighted by Gasteiger charge is -2.13. The van der Waals surface area contributed by atoms with Crippen molar-refractivity contribution in [3.63, 3.8) is 0 Å². The van der Waals surface area contributed by atoms with Crippen molar-refractivity contribution < 1.29 is 9.15 Å². The van der Waals surface area contributed by atoms with Crippen LogP contribution in [0.3, 0.4) is 0 Å². The first-order chi connectivity index (χ1) is 10.3. The van der Waals surface area contributed by atoms with Gasteiger partial charge in [-0.1, -0.05) is 31.2 Å². The maximum atomic E-state index is 11.9. The molecule has 0 radical (unpaired) electrons. The summed E-state index contributed by atoms with van der Waals surface area (Å²) < 4.78 is 10.9. The Labute approximate surface area is 124 Å². The van der Waals surface area contributed by atoms with Crippen LogP contribution in [0.1, 0.15) is 30.2 Å². The minimum Gasteiger partial charge on any atom is -0.487 e. The molecule has 3 rings (SSSR count). The van der Waals surface area contributed by atoms with Gasteiger partial charge >= 0.3 is 0 Å². The van der Waals surface area contributed by atoms with E-state index in [1.165, 1.54) is 23.5 Å². The second-order valence-corrected chi connectivity index (χ2v) is 5.34. The molecule has 1 aromatic carbocycles. The van der Waals surface area contributed by atoms with E-state index in [0.29, 0.717) is 24.7 Å². The van der Waals surface area contributed by atoms with Crippen LogP contribution < -0.4 is 10.2 Å². The highest BCUT2D eigenvalue weighted by atomic mass is 16.5. The molecule has 1 aliphatic heterocycles. The van der Waals surface area contributed by atoms with Crippen LogP contribution >= 0.6 is 0 Å². The zero-order valence-electron chi connectivity index (χ0n) is 12.2. The first-order valence-corrected chi connectivity index (χ1v) is 7.30. The molecular formula is C17H19NO3. The molecule has 0 N–H and O–H groups in total. The largest absolute Gasteiger partial charge is 0.487 e. The van der Waals surface area contributed by atoms with Crippen LogP contribution in [0.4, 0.5) is 0 Å². The lowest BCUT2D eigenvalue weighted by molar-refractivity contribution is 0.242. The van der Waals surface area contributed by atoms with E-state index in [-0.39, 0.29) is 5.43 Å². The summed E-state index contributed by atoms with van der Waals surface area (Å²) in [5.41, 5.74) is 2.59. The zero-order valence-corrected chi connectivity index (χ0v) is 12.2. The summed E-state index contributed by atoms with van der Waals surface area (Å²) in [7, 11) is 0. The molecule has 1 aromatic heterocycles. The minimum absolute atomic E-state index is 0.110. The number of hydrogen-bond acceptors (Lipinski definition) is 4. The van der Waals surface area contributed by atoms with Gasteiger partial charge in [-0.2, -0.15) is 0 Å². The summed E-state index contributed by atoms with van der Waals surface area (Å²) in [5.74, 6) is 0.974. The molecule has 0 fully saturated rings. The Morgan fingerprint density at radius 3 is 2.57 bits per heavy atom. The molecule has 4 nitrogen and oxygen atoms in total. The van der Waals surface area contributed by atoms with Crippen molar-refractivity contribution in [1.29, 1.82) is 0 Å². The molecule has 0 spiro atoms. The van der Waals surface area contributed by atoms with Crippen molar-refractivity contribution >= 4 is 0 Å². The molecule has 0 bridgehead atoms. The standard InChI is InChI=1S/C17H19NO3/c1-2-7-20-17-12-21-15(8-16(17)19)11-18-9-13-5-3-4-6-14(13)10-18/h3-6,8,12H,2,7,9-11H2,1H3. The number of rotatable bonds is 5. The van der Waals surface area contributed by atoms with Crippen LogP contribution in [-0.4, -0.2) is 11.5 Å². The fraction of sp³-hybridized carbons (Fsp3) is 0.353. The summed E-state index contributed by atoms with van der Waals surface area (Å²) in [6.07, 6.45) is 2.30. The summed E-state index contributed by atoms with van der Waals surface area (Å²) in [6, 6.07) is 9.94. The Kier molecular flexibility index (Phi) is 4.06. The molecule has 0 amide bonds. The van der Waals surface area contributed by atoms with Crippen molar-refractivity contribution in [2.45, 2.75) is 33.0 Å². The number of ether oxygens (including phenoxy) is 1. The number of nitrogens with zero attached hydrogens (tertiary/aromatic N) is 1. The normalized spacial score (nSPS) is 14.1. The highest BCUT2D eigenvalue weighted by Crippen LogP contribution is 2.23. The third-order valence-electron chi connectivity index (χ3n) is 3.60. The molecule has 0 aliphatic carbocycles. The van der Waals surface area contributed by atoms with E-state index < -0.39 is 0 Å². The summed E-state index contributed by atoms with van der Waals surface area (Å²) >= 11 is 0. The highest BCUT2D eigenvalue weighted by molar-refractivity contribution is 5.30. The van der Waals surface area contributed by atoms with E-state index in [4.69, 9.17) is 9.15 Å². The molecule has 1 aliphatic rings. The van der Waals surface area contributed by atoms with Gasteiger partial charge in [-0.05, 0) is 17.5 Å². The molecule has 0 saturated heterocycles. The Morgan fingerprint density at radius 2 is 1.95 bits per heavy atom. The van der Waals surface area contributed by atoms with E-state index in [2.05, 4.69) is 29.2 Å². The predicted molar refractivity (Wildman–Crippen MR) is 80.2 cm³/mol. The lowest BCUT2D eigenvalue weighted by atomic mass is 10.1. The van der Waals surface area contributed by atoms with Crippen molar-refractivity contribution in [3.05, 3.63) is 63.7 Å². The van der Waals surface area contributed by atoms with Crippen molar-refractivity contribution in [2.24, 2.45) is 0 Å². The fourth-order valence-corrected chi connectivity index (χ4v) is 2.57. The van der Waals surface area contributed by atoms with Gasteiger partial charge in [0.25, 0.3) is 0 Å². The number of benzene rings is 1. The maximum Gasteiger partial charge on any atom is 0.227 e. The predicted octanol–water partition coefficient (Wildman–Crippen LogP) is 2.94. The van der Waals surface area contributed by atoms with Gasteiger partial charge in [-0.15, -0.1) is 0 Å². The van der Waals surface area contributed by atoms with Gasteiger partial charge in [-0.3, -0.25) is 9.69 Å². The molecule has 110 valence electrons. The third-order valence-corrected chi connectivity index (χ3v) is 3.60. The molecule has 2 heterocycles. The maximum absolute atomic E-state index is 11.9.